The highest BCUT2D eigenvalue weighted by Gasteiger charge is 2.25. The number of pyridine rings is 1. The molecule has 0 unspecified atom stereocenters. The second kappa shape index (κ2) is 7.40. The van der Waals surface area contributed by atoms with Crippen molar-refractivity contribution in [3.8, 4) is 5.75 Å². The fourth-order valence-corrected chi connectivity index (χ4v) is 4.05. The first-order chi connectivity index (χ1) is 13.6. The van der Waals surface area contributed by atoms with Gasteiger partial charge in [-0.05, 0) is 36.2 Å². The Hall–Kier alpha value is -3.26. The summed E-state index contributed by atoms with van der Waals surface area (Å²) in [6, 6.07) is 9.40. The molecule has 3 aromatic heterocycles. The van der Waals surface area contributed by atoms with E-state index in [1.54, 1.807) is 48.4 Å². The molecule has 3 heterocycles. The number of aromatic nitrogens is 4. The summed E-state index contributed by atoms with van der Waals surface area (Å²) in [7, 11) is 3.37. The van der Waals surface area contributed by atoms with Crippen LogP contribution in [0.15, 0.2) is 48.9 Å². The van der Waals surface area contributed by atoms with Crippen LogP contribution in [0.1, 0.15) is 21.6 Å². The predicted octanol–water partition coefficient (Wildman–Crippen LogP) is 3.59. The van der Waals surface area contributed by atoms with Crippen LogP contribution >= 0.6 is 11.3 Å². The number of fused-ring (bicyclic) bond motifs is 1. The molecule has 0 saturated heterocycles. The third kappa shape index (κ3) is 3.22. The first-order valence-corrected chi connectivity index (χ1v) is 9.53. The lowest BCUT2D eigenvalue weighted by Crippen LogP contribution is -2.31. The summed E-state index contributed by atoms with van der Waals surface area (Å²) < 4.78 is 8.03. The summed E-state index contributed by atoms with van der Waals surface area (Å²) in [5.41, 5.74) is 3.26. The average Bonchev–Trinajstić information content (AvgIpc) is 3.34. The van der Waals surface area contributed by atoms with Crippen molar-refractivity contribution in [2.24, 2.45) is 7.05 Å². The van der Waals surface area contributed by atoms with E-state index in [4.69, 9.17) is 9.72 Å². The Labute approximate surface area is 166 Å². The van der Waals surface area contributed by atoms with Crippen molar-refractivity contribution in [3.05, 3.63) is 65.7 Å². The van der Waals surface area contributed by atoms with Gasteiger partial charge in [0, 0.05) is 25.6 Å². The number of nitrogens with zero attached hydrogens (tertiary/aromatic N) is 5. The molecule has 0 radical (unpaired) electrons. The van der Waals surface area contributed by atoms with E-state index in [1.807, 2.05) is 31.2 Å². The van der Waals surface area contributed by atoms with E-state index in [9.17, 15) is 4.79 Å². The minimum Gasteiger partial charge on any atom is -0.494 e. The first kappa shape index (κ1) is 18.1. The van der Waals surface area contributed by atoms with Gasteiger partial charge in [0.1, 0.15) is 17.0 Å². The molecule has 0 aliphatic heterocycles. The van der Waals surface area contributed by atoms with E-state index in [1.165, 1.54) is 11.3 Å². The van der Waals surface area contributed by atoms with Crippen LogP contribution in [-0.4, -0.2) is 32.8 Å². The van der Waals surface area contributed by atoms with Gasteiger partial charge in [-0.25, -0.2) is 4.98 Å². The van der Waals surface area contributed by atoms with Crippen molar-refractivity contribution in [2.75, 3.05) is 12.0 Å². The zero-order valence-corrected chi connectivity index (χ0v) is 16.6. The van der Waals surface area contributed by atoms with Gasteiger partial charge in [0.2, 0.25) is 0 Å². The Morgan fingerprint density at radius 2 is 2.11 bits per heavy atom. The van der Waals surface area contributed by atoms with Crippen LogP contribution in [-0.2, 0) is 13.6 Å². The number of ether oxygens (including phenoxy) is 1. The molecule has 1 amide bonds. The zero-order valence-electron chi connectivity index (χ0n) is 15.8. The maximum Gasteiger partial charge on any atom is 0.278 e. The van der Waals surface area contributed by atoms with Gasteiger partial charge in [-0.2, -0.15) is 5.10 Å². The molecule has 0 spiro atoms. The minimum absolute atomic E-state index is 0.167. The molecular weight excluding hydrogens is 374 g/mol. The summed E-state index contributed by atoms with van der Waals surface area (Å²) in [5, 5.41) is 4.73. The van der Waals surface area contributed by atoms with Crippen molar-refractivity contribution in [2.45, 2.75) is 13.5 Å². The molecule has 0 fully saturated rings. The number of amides is 1. The molecule has 4 aromatic rings. The lowest BCUT2D eigenvalue weighted by molar-refractivity contribution is 0.0976. The fourth-order valence-electron chi connectivity index (χ4n) is 3.00. The highest BCUT2D eigenvalue weighted by molar-refractivity contribution is 7.22. The molecule has 28 heavy (non-hydrogen) atoms. The average molecular weight is 393 g/mol. The molecular formula is C20H19N5O2S. The second-order valence-corrected chi connectivity index (χ2v) is 7.33. The second-order valence-electron chi connectivity index (χ2n) is 6.35. The van der Waals surface area contributed by atoms with Gasteiger partial charge in [-0.3, -0.25) is 19.4 Å². The van der Waals surface area contributed by atoms with Gasteiger partial charge >= 0.3 is 0 Å². The predicted molar refractivity (Wildman–Crippen MR) is 109 cm³/mol. The third-order valence-electron chi connectivity index (χ3n) is 4.49. The van der Waals surface area contributed by atoms with Crippen molar-refractivity contribution in [3.63, 3.8) is 0 Å². The van der Waals surface area contributed by atoms with Crippen LogP contribution in [0.2, 0.25) is 0 Å². The van der Waals surface area contributed by atoms with Gasteiger partial charge in [-0.1, -0.05) is 23.5 Å². The number of hydrogen-bond acceptors (Lipinski definition) is 6. The largest absolute Gasteiger partial charge is 0.494 e. The smallest absolute Gasteiger partial charge is 0.278 e. The van der Waals surface area contributed by atoms with E-state index >= 15 is 0 Å². The molecule has 1 aromatic carbocycles. The third-order valence-corrected chi connectivity index (χ3v) is 5.71. The standard InChI is InChI=1S/C20H19N5O2S/c1-13-6-7-16(27-3)17-18(13)28-20(23-17)25(12-14-5-4-9-21-11-14)19(26)15-8-10-22-24(15)2/h4-11H,12H2,1-3H3. The Bertz CT molecular complexity index is 1140. The van der Waals surface area contributed by atoms with Crippen LogP contribution in [0.3, 0.4) is 0 Å². The van der Waals surface area contributed by atoms with Crippen molar-refractivity contribution in [1.29, 1.82) is 0 Å². The number of aryl methyl sites for hydroxylation is 2. The highest BCUT2D eigenvalue weighted by Crippen LogP contribution is 2.37. The Morgan fingerprint density at radius 3 is 2.79 bits per heavy atom. The molecule has 0 N–H and O–H groups in total. The Morgan fingerprint density at radius 1 is 1.25 bits per heavy atom. The quantitative estimate of drug-likeness (QED) is 0.518. The summed E-state index contributed by atoms with van der Waals surface area (Å²) in [6.07, 6.45) is 5.08. The van der Waals surface area contributed by atoms with Crippen LogP contribution in [0.5, 0.6) is 5.75 Å². The topological polar surface area (TPSA) is 73.1 Å². The van der Waals surface area contributed by atoms with Crippen LogP contribution in [0.25, 0.3) is 10.2 Å². The van der Waals surface area contributed by atoms with Gasteiger partial charge in [0.05, 0.1) is 18.4 Å². The molecule has 8 heteroatoms. The van der Waals surface area contributed by atoms with Gasteiger partial charge in [-0.15, -0.1) is 0 Å². The molecule has 0 aliphatic carbocycles. The Balaban J connectivity index is 1.83. The fraction of sp³-hybridized carbons (Fsp3) is 0.200. The number of anilines is 1. The number of benzene rings is 1. The molecule has 4 rings (SSSR count). The number of carbonyl (C=O) groups excluding carboxylic acids is 1. The summed E-state index contributed by atoms with van der Waals surface area (Å²) in [4.78, 5) is 23.9. The van der Waals surface area contributed by atoms with Crippen molar-refractivity contribution < 1.29 is 9.53 Å². The van der Waals surface area contributed by atoms with Crippen LogP contribution in [0, 0.1) is 6.92 Å². The minimum atomic E-state index is -0.167. The first-order valence-electron chi connectivity index (χ1n) is 8.71. The van der Waals surface area contributed by atoms with E-state index in [0.29, 0.717) is 23.1 Å². The summed E-state index contributed by atoms with van der Waals surface area (Å²) in [6.45, 7) is 2.39. The van der Waals surface area contributed by atoms with Gasteiger partial charge < -0.3 is 4.74 Å². The van der Waals surface area contributed by atoms with Crippen molar-refractivity contribution in [1.82, 2.24) is 19.7 Å². The Kier molecular flexibility index (Phi) is 4.79. The monoisotopic (exact) mass is 393 g/mol. The lowest BCUT2D eigenvalue weighted by Gasteiger charge is -2.19. The maximum absolute atomic E-state index is 13.3. The molecule has 7 nitrogen and oxygen atoms in total. The van der Waals surface area contributed by atoms with E-state index in [2.05, 4.69) is 10.1 Å². The zero-order chi connectivity index (χ0) is 19.7. The van der Waals surface area contributed by atoms with Crippen LogP contribution < -0.4 is 9.64 Å². The van der Waals surface area contributed by atoms with Crippen molar-refractivity contribution >= 4 is 32.6 Å². The van der Waals surface area contributed by atoms with Gasteiger partial charge in [0.15, 0.2) is 5.13 Å². The normalized spacial score (nSPS) is 11.0. The SMILES string of the molecule is COc1ccc(C)c2sc(N(Cc3cccnc3)C(=O)c3ccnn3C)nc12. The lowest BCUT2D eigenvalue weighted by atomic mass is 10.2. The molecule has 0 bridgehead atoms. The van der Waals surface area contributed by atoms with E-state index < -0.39 is 0 Å². The highest BCUT2D eigenvalue weighted by atomic mass is 32.1. The molecule has 0 aliphatic rings. The maximum atomic E-state index is 13.3. The number of carbonyl (C=O) groups is 1. The summed E-state index contributed by atoms with van der Waals surface area (Å²) >= 11 is 1.48. The summed E-state index contributed by atoms with van der Waals surface area (Å²) in [5.74, 6) is 0.525. The molecule has 0 atom stereocenters. The number of thiazole rings is 1. The number of hydrogen-bond donors (Lipinski definition) is 0. The van der Waals surface area contributed by atoms with E-state index in [0.717, 1.165) is 21.3 Å². The molecule has 0 saturated carbocycles. The van der Waals surface area contributed by atoms with Crippen LogP contribution in [0.4, 0.5) is 5.13 Å². The number of methoxy groups -OCH3 is 1. The molecule has 142 valence electrons. The van der Waals surface area contributed by atoms with E-state index in [-0.39, 0.29) is 5.91 Å². The van der Waals surface area contributed by atoms with Gasteiger partial charge in [0.25, 0.3) is 5.91 Å². The number of rotatable bonds is 5.